The zero-order valence-electron chi connectivity index (χ0n) is 16.3. The monoisotopic (exact) mass is 392 g/mol. The minimum Gasteiger partial charge on any atom is -0.357 e. The van der Waals surface area contributed by atoms with Gasteiger partial charge in [-0.3, -0.25) is 10.2 Å². The molecule has 8 nitrogen and oxygen atoms in total. The Kier molecular flexibility index (Phi) is 5.33. The number of amides is 3. The molecule has 0 radical (unpaired) electrons. The first-order chi connectivity index (χ1) is 14.1. The van der Waals surface area contributed by atoms with Gasteiger partial charge in [0, 0.05) is 50.0 Å². The fourth-order valence-electron chi connectivity index (χ4n) is 3.62. The first-order valence-corrected chi connectivity index (χ1v) is 9.70. The average Bonchev–Trinajstić information content (AvgIpc) is 3.40. The normalized spacial score (nSPS) is 13.5. The predicted octanol–water partition coefficient (Wildman–Crippen LogP) is 2.32. The summed E-state index contributed by atoms with van der Waals surface area (Å²) in [6.07, 6.45) is 5.87. The van der Waals surface area contributed by atoms with Crippen LogP contribution in [-0.2, 0) is 13.6 Å². The molecule has 0 unspecified atom stereocenters. The van der Waals surface area contributed by atoms with Crippen LogP contribution < -0.4 is 21.1 Å². The van der Waals surface area contributed by atoms with Gasteiger partial charge >= 0.3 is 6.03 Å². The number of rotatable bonds is 4. The molecule has 1 aliphatic heterocycles. The molecule has 3 N–H and O–H groups in total. The van der Waals surface area contributed by atoms with Gasteiger partial charge in [0.15, 0.2) is 0 Å². The van der Waals surface area contributed by atoms with Crippen LogP contribution in [0.3, 0.4) is 0 Å². The third-order valence-electron chi connectivity index (χ3n) is 5.12. The molecule has 0 atom stereocenters. The molecule has 150 valence electrons. The van der Waals surface area contributed by atoms with Gasteiger partial charge in [-0.15, -0.1) is 0 Å². The molecule has 3 amide bonds. The zero-order chi connectivity index (χ0) is 20.2. The van der Waals surface area contributed by atoms with E-state index in [0.29, 0.717) is 12.1 Å². The maximum absolute atomic E-state index is 12.5. The van der Waals surface area contributed by atoms with Gasteiger partial charge in [0.1, 0.15) is 5.82 Å². The standard InChI is InChI=1S/C21H24N6O2/c1-26-14-17(16-6-2-3-7-18(16)26)20(28)24-25-21(29)23-13-15-8-9-22-19(12-15)27-10-4-5-11-27/h2-3,6-9,12,14H,4-5,10-11,13H2,1H3,(H,24,28)(H2,23,25,29). The van der Waals surface area contributed by atoms with Crippen LogP contribution in [0.2, 0.25) is 0 Å². The Morgan fingerprint density at radius 3 is 2.72 bits per heavy atom. The van der Waals surface area contributed by atoms with Crippen molar-refractivity contribution in [2.24, 2.45) is 7.05 Å². The number of nitrogens with zero attached hydrogens (tertiary/aromatic N) is 3. The van der Waals surface area contributed by atoms with Crippen molar-refractivity contribution < 1.29 is 9.59 Å². The van der Waals surface area contributed by atoms with E-state index in [1.165, 1.54) is 12.8 Å². The summed E-state index contributed by atoms with van der Waals surface area (Å²) in [5, 5.41) is 3.58. The van der Waals surface area contributed by atoms with Gasteiger partial charge < -0.3 is 14.8 Å². The lowest BCUT2D eigenvalue weighted by Crippen LogP contribution is -2.46. The lowest BCUT2D eigenvalue weighted by molar-refractivity contribution is 0.0937. The van der Waals surface area contributed by atoms with Gasteiger partial charge in [-0.2, -0.15) is 0 Å². The summed E-state index contributed by atoms with van der Waals surface area (Å²) in [7, 11) is 1.88. The van der Waals surface area contributed by atoms with Crippen molar-refractivity contribution in [3.63, 3.8) is 0 Å². The summed E-state index contributed by atoms with van der Waals surface area (Å²) in [5.41, 5.74) is 7.29. The van der Waals surface area contributed by atoms with Crippen molar-refractivity contribution in [2.45, 2.75) is 19.4 Å². The minimum atomic E-state index is -0.474. The van der Waals surface area contributed by atoms with Gasteiger partial charge in [0.25, 0.3) is 5.91 Å². The molecule has 1 aromatic carbocycles. The van der Waals surface area contributed by atoms with Gasteiger partial charge in [-0.05, 0) is 36.6 Å². The number of hydrogen-bond acceptors (Lipinski definition) is 4. The Bertz CT molecular complexity index is 1040. The maximum Gasteiger partial charge on any atom is 0.333 e. The Balaban J connectivity index is 1.31. The highest BCUT2D eigenvalue weighted by atomic mass is 16.2. The third kappa shape index (κ3) is 4.16. The highest BCUT2D eigenvalue weighted by Crippen LogP contribution is 2.20. The zero-order valence-corrected chi connectivity index (χ0v) is 16.3. The van der Waals surface area contributed by atoms with E-state index in [-0.39, 0.29) is 5.91 Å². The molecule has 2 aromatic heterocycles. The lowest BCUT2D eigenvalue weighted by atomic mass is 10.2. The molecule has 3 aromatic rings. The third-order valence-corrected chi connectivity index (χ3v) is 5.12. The lowest BCUT2D eigenvalue weighted by Gasteiger charge is -2.17. The molecule has 29 heavy (non-hydrogen) atoms. The van der Waals surface area contributed by atoms with E-state index in [9.17, 15) is 9.59 Å². The molecule has 3 heterocycles. The molecular weight excluding hydrogens is 368 g/mol. The van der Waals surface area contributed by atoms with Crippen LogP contribution >= 0.6 is 0 Å². The first kappa shape index (κ1) is 18.8. The van der Waals surface area contributed by atoms with Gasteiger partial charge in [-0.25, -0.2) is 15.2 Å². The van der Waals surface area contributed by atoms with E-state index in [2.05, 4.69) is 26.1 Å². The van der Waals surface area contributed by atoms with Crippen molar-refractivity contribution in [1.82, 2.24) is 25.7 Å². The number of benzene rings is 1. The number of carbonyl (C=O) groups is 2. The molecule has 8 heteroatoms. The largest absolute Gasteiger partial charge is 0.357 e. The number of anilines is 1. The Morgan fingerprint density at radius 2 is 1.90 bits per heavy atom. The van der Waals surface area contributed by atoms with Gasteiger partial charge in [-0.1, -0.05) is 18.2 Å². The summed E-state index contributed by atoms with van der Waals surface area (Å²) in [6, 6.07) is 11.0. The number of hydrogen-bond donors (Lipinski definition) is 3. The number of aromatic nitrogens is 2. The molecular formula is C21H24N6O2. The van der Waals surface area contributed by atoms with Crippen LogP contribution in [0.5, 0.6) is 0 Å². The fraction of sp³-hybridized carbons (Fsp3) is 0.286. The molecule has 1 aliphatic rings. The summed E-state index contributed by atoms with van der Waals surface area (Å²) in [5.74, 6) is 0.573. The van der Waals surface area contributed by atoms with Crippen LogP contribution in [0.1, 0.15) is 28.8 Å². The number of nitrogens with one attached hydrogen (secondary N) is 3. The van der Waals surface area contributed by atoms with Crippen LogP contribution in [-0.4, -0.2) is 34.6 Å². The highest BCUT2D eigenvalue weighted by Gasteiger charge is 2.15. The number of urea groups is 1. The highest BCUT2D eigenvalue weighted by molar-refractivity contribution is 6.07. The quantitative estimate of drug-likeness (QED) is 0.594. The van der Waals surface area contributed by atoms with E-state index >= 15 is 0 Å². The molecule has 0 spiro atoms. The summed E-state index contributed by atoms with van der Waals surface area (Å²) >= 11 is 0. The summed E-state index contributed by atoms with van der Waals surface area (Å²) in [6.45, 7) is 2.38. The molecule has 1 fully saturated rings. The number of para-hydroxylation sites is 1. The van der Waals surface area contributed by atoms with Crippen LogP contribution in [0.25, 0.3) is 10.9 Å². The first-order valence-electron chi connectivity index (χ1n) is 9.70. The van der Waals surface area contributed by atoms with Crippen LogP contribution in [0.15, 0.2) is 48.8 Å². The van der Waals surface area contributed by atoms with E-state index in [4.69, 9.17) is 0 Å². The number of aryl methyl sites for hydroxylation is 1. The number of hydrazine groups is 1. The van der Waals surface area contributed by atoms with Gasteiger partial charge in [0.2, 0.25) is 0 Å². The van der Waals surface area contributed by atoms with Crippen molar-refractivity contribution in [1.29, 1.82) is 0 Å². The van der Waals surface area contributed by atoms with Crippen molar-refractivity contribution >= 4 is 28.7 Å². The van der Waals surface area contributed by atoms with Gasteiger partial charge in [0.05, 0.1) is 5.56 Å². The molecule has 4 rings (SSSR count). The predicted molar refractivity (Wildman–Crippen MR) is 111 cm³/mol. The van der Waals surface area contributed by atoms with Crippen molar-refractivity contribution in [2.75, 3.05) is 18.0 Å². The van der Waals surface area contributed by atoms with E-state index in [0.717, 1.165) is 35.4 Å². The van der Waals surface area contributed by atoms with Crippen molar-refractivity contribution in [3.05, 3.63) is 59.9 Å². The van der Waals surface area contributed by atoms with Crippen LogP contribution in [0.4, 0.5) is 10.6 Å². The fourth-order valence-corrected chi connectivity index (χ4v) is 3.62. The number of fused-ring (bicyclic) bond motifs is 1. The second-order valence-electron chi connectivity index (χ2n) is 7.15. The van der Waals surface area contributed by atoms with E-state index < -0.39 is 6.03 Å². The average molecular weight is 392 g/mol. The summed E-state index contributed by atoms with van der Waals surface area (Å²) in [4.78, 5) is 31.2. The molecule has 0 bridgehead atoms. The Labute approximate surface area is 168 Å². The SMILES string of the molecule is Cn1cc(C(=O)NNC(=O)NCc2ccnc(N3CCCC3)c2)c2ccccc21. The second kappa shape index (κ2) is 8.22. The van der Waals surface area contributed by atoms with E-state index in [1.54, 1.807) is 12.4 Å². The summed E-state index contributed by atoms with van der Waals surface area (Å²) < 4.78 is 1.88. The minimum absolute atomic E-state index is 0.347. The topological polar surface area (TPSA) is 91.3 Å². The van der Waals surface area contributed by atoms with Crippen molar-refractivity contribution in [3.8, 4) is 0 Å². The second-order valence-corrected chi connectivity index (χ2v) is 7.15. The number of carbonyl (C=O) groups excluding carboxylic acids is 2. The van der Waals surface area contributed by atoms with Crippen LogP contribution in [0, 0.1) is 0 Å². The number of pyridine rings is 1. The molecule has 0 aliphatic carbocycles. The Hall–Kier alpha value is -3.55. The maximum atomic E-state index is 12.5. The smallest absolute Gasteiger partial charge is 0.333 e. The molecule has 1 saturated heterocycles. The van der Waals surface area contributed by atoms with E-state index in [1.807, 2.05) is 48.0 Å². The molecule has 0 saturated carbocycles. The Morgan fingerprint density at radius 1 is 1.10 bits per heavy atom.